The van der Waals surface area contributed by atoms with Crippen LogP contribution in [0.5, 0.6) is 0 Å². The Labute approximate surface area is 151 Å². The number of carbonyl (C=O) groups excluding carboxylic acids is 1. The van der Waals surface area contributed by atoms with E-state index in [0.29, 0.717) is 0 Å². The van der Waals surface area contributed by atoms with Crippen LogP contribution >= 0.6 is 0 Å². The molecule has 0 spiro atoms. The Balaban J connectivity index is 1.51. The number of halogens is 1. The molecule has 132 valence electrons. The van der Waals surface area contributed by atoms with Crippen molar-refractivity contribution in [2.24, 2.45) is 5.92 Å². The highest BCUT2D eigenvalue weighted by Crippen LogP contribution is 2.48. The van der Waals surface area contributed by atoms with E-state index in [0.717, 1.165) is 34.7 Å². The summed E-state index contributed by atoms with van der Waals surface area (Å²) in [6.45, 7) is 3.85. The molecule has 2 aromatic carbocycles. The summed E-state index contributed by atoms with van der Waals surface area (Å²) in [4.78, 5) is 12.7. The SMILES string of the molecule is Cc1nn(-c2ccccc2)c(C)c1NC(=O)C1CC1c1ccc(F)cc1. The van der Waals surface area contributed by atoms with Crippen molar-refractivity contribution < 1.29 is 9.18 Å². The highest BCUT2D eigenvalue weighted by molar-refractivity contribution is 5.96. The number of nitrogens with one attached hydrogen (secondary N) is 1. The maximum absolute atomic E-state index is 13.1. The fourth-order valence-corrected chi connectivity index (χ4v) is 3.42. The highest BCUT2D eigenvalue weighted by Gasteiger charge is 2.44. The second-order valence-corrected chi connectivity index (χ2v) is 6.78. The Morgan fingerprint density at radius 1 is 1.12 bits per heavy atom. The van der Waals surface area contributed by atoms with Crippen LogP contribution in [0.25, 0.3) is 5.69 Å². The van der Waals surface area contributed by atoms with Crippen molar-refractivity contribution in [2.75, 3.05) is 5.32 Å². The van der Waals surface area contributed by atoms with E-state index >= 15 is 0 Å². The molecule has 0 bridgehead atoms. The van der Waals surface area contributed by atoms with Gasteiger partial charge in [0.1, 0.15) is 5.82 Å². The van der Waals surface area contributed by atoms with Crippen molar-refractivity contribution in [3.8, 4) is 5.69 Å². The van der Waals surface area contributed by atoms with Crippen LogP contribution in [-0.4, -0.2) is 15.7 Å². The number of aromatic nitrogens is 2. The molecule has 1 fully saturated rings. The Kier molecular flexibility index (Phi) is 4.07. The minimum Gasteiger partial charge on any atom is -0.323 e. The lowest BCUT2D eigenvalue weighted by atomic mass is 10.1. The predicted molar refractivity (Wildman–Crippen MR) is 98.9 cm³/mol. The monoisotopic (exact) mass is 349 g/mol. The van der Waals surface area contributed by atoms with Crippen LogP contribution in [0.15, 0.2) is 54.6 Å². The summed E-state index contributed by atoms with van der Waals surface area (Å²) in [5.41, 5.74) is 4.44. The van der Waals surface area contributed by atoms with E-state index in [1.165, 1.54) is 12.1 Å². The quantitative estimate of drug-likeness (QED) is 0.760. The molecule has 4 rings (SSSR count). The second-order valence-electron chi connectivity index (χ2n) is 6.78. The lowest BCUT2D eigenvalue weighted by molar-refractivity contribution is -0.117. The van der Waals surface area contributed by atoms with E-state index in [1.54, 1.807) is 12.1 Å². The van der Waals surface area contributed by atoms with Crippen LogP contribution in [0.1, 0.15) is 29.3 Å². The molecule has 1 heterocycles. The first-order valence-electron chi connectivity index (χ1n) is 8.72. The van der Waals surface area contributed by atoms with E-state index in [4.69, 9.17) is 0 Å². The van der Waals surface area contributed by atoms with Gasteiger partial charge in [0.2, 0.25) is 5.91 Å². The zero-order chi connectivity index (χ0) is 18.3. The summed E-state index contributed by atoms with van der Waals surface area (Å²) in [5.74, 6) is -0.159. The first kappa shape index (κ1) is 16.5. The molecule has 26 heavy (non-hydrogen) atoms. The standard InChI is InChI=1S/C21H20FN3O/c1-13-20(14(2)25(24-13)17-6-4-3-5-7-17)23-21(26)19-12-18(19)15-8-10-16(22)11-9-15/h3-11,18-19H,12H2,1-2H3,(H,23,26). The Morgan fingerprint density at radius 2 is 1.81 bits per heavy atom. The molecule has 1 N–H and O–H groups in total. The molecular formula is C21H20FN3O. The second kappa shape index (κ2) is 6.41. The van der Waals surface area contributed by atoms with Crippen molar-refractivity contribution in [1.29, 1.82) is 0 Å². The average molecular weight is 349 g/mol. The van der Waals surface area contributed by atoms with E-state index in [9.17, 15) is 9.18 Å². The topological polar surface area (TPSA) is 46.9 Å². The Bertz CT molecular complexity index is 947. The number of benzene rings is 2. The van der Waals surface area contributed by atoms with Gasteiger partial charge in [-0.25, -0.2) is 9.07 Å². The molecule has 3 aromatic rings. The molecule has 1 aromatic heterocycles. The molecule has 1 aliphatic carbocycles. The third kappa shape index (κ3) is 3.01. The van der Waals surface area contributed by atoms with Crippen molar-refractivity contribution >= 4 is 11.6 Å². The summed E-state index contributed by atoms with van der Waals surface area (Å²) >= 11 is 0. The lowest BCUT2D eigenvalue weighted by Crippen LogP contribution is -2.15. The number of para-hydroxylation sites is 1. The Morgan fingerprint density at radius 3 is 2.50 bits per heavy atom. The van der Waals surface area contributed by atoms with Crippen LogP contribution < -0.4 is 5.32 Å². The number of nitrogens with zero attached hydrogens (tertiary/aromatic N) is 2. The summed E-state index contributed by atoms with van der Waals surface area (Å²) < 4.78 is 14.9. The third-order valence-corrected chi connectivity index (χ3v) is 4.97. The first-order valence-corrected chi connectivity index (χ1v) is 8.72. The first-order chi connectivity index (χ1) is 12.5. The van der Waals surface area contributed by atoms with Crippen LogP contribution in [0.2, 0.25) is 0 Å². The van der Waals surface area contributed by atoms with E-state index in [2.05, 4.69) is 10.4 Å². The summed E-state index contributed by atoms with van der Waals surface area (Å²) in [6, 6.07) is 16.3. The lowest BCUT2D eigenvalue weighted by Gasteiger charge is -2.07. The van der Waals surface area contributed by atoms with Crippen molar-refractivity contribution in [2.45, 2.75) is 26.2 Å². The maximum atomic E-state index is 13.1. The van der Waals surface area contributed by atoms with Crippen molar-refractivity contribution in [3.05, 3.63) is 77.4 Å². The molecule has 5 heteroatoms. The zero-order valence-corrected chi connectivity index (χ0v) is 14.7. The minimum atomic E-state index is -0.255. The number of hydrogen-bond acceptors (Lipinski definition) is 2. The molecule has 1 aliphatic rings. The number of rotatable bonds is 4. The fourth-order valence-electron chi connectivity index (χ4n) is 3.42. The van der Waals surface area contributed by atoms with Gasteiger partial charge in [-0.3, -0.25) is 4.79 Å². The van der Waals surface area contributed by atoms with E-state index in [-0.39, 0.29) is 23.6 Å². The van der Waals surface area contributed by atoms with Crippen LogP contribution in [0.4, 0.5) is 10.1 Å². The molecular weight excluding hydrogens is 329 g/mol. The van der Waals surface area contributed by atoms with Crippen LogP contribution in [0, 0.1) is 25.6 Å². The minimum absolute atomic E-state index is 0.00173. The molecule has 2 atom stereocenters. The van der Waals surface area contributed by atoms with E-state index in [1.807, 2.05) is 48.9 Å². The van der Waals surface area contributed by atoms with Gasteiger partial charge in [0.05, 0.1) is 22.8 Å². The van der Waals surface area contributed by atoms with Crippen molar-refractivity contribution in [3.63, 3.8) is 0 Å². The van der Waals surface area contributed by atoms with Gasteiger partial charge in [-0.1, -0.05) is 30.3 Å². The van der Waals surface area contributed by atoms with Gasteiger partial charge in [0.25, 0.3) is 0 Å². The van der Waals surface area contributed by atoms with Gasteiger partial charge < -0.3 is 5.32 Å². The van der Waals surface area contributed by atoms with Gasteiger partial charge in [-0.2, -0.15) is 5.10 Å². The van der Waals surface area contributed by atoms with Gasteiger partial charge in [0.15, 0.2) is 0 Å². The van der Waals surface area contributed by atoms with Gasteiger partial charge >= 0.3 is 0 Å². The zero-order valence-electron chi connectivity index (χ0n) is 14.7. The van der Waals surface area contributed by atoms with E-state index < -0.39 is 0 Å². The number of anilines is 1. The summed E-state index contributed by atoms with van der Waals surface area (Å²) in [5, 5.41) is 7.61. The normalized spacial score (nSPS) is 18.6. The molecule has 0 radical (unpaired) electrons. The summed E-state index contributed by atoms with van der Waals surface area (Å²) in [6.07, 6.45) is 0.794. The Hall–Kier alpha value is -2.95. The number of amides is 1. The smallest absolute Gasteiger partial charge is 0.228 e. The maximum Gasteiger partial charge on any atom is 0.228 e. The molecule has 2 unspecified atom stereocenters. The van der Waals surface area contributed by atoms with Crippen LogP contribution in [-0.2, 0) is 4.79 Å². The molecule has 0 aliphatic heterocycles. The van der Waals surface area contributed by atoms with Gasteiger partial charge in [0, 0.05) is 5.92 Å². The molecule has 1 amide bonds. The highest BCUT2D eigenvalue weighted by atomic mass is 19.1. The van der Waals surface area contributed by atoms with Gasteiger partial charge in [-0.05, 0) is 56.0 Å². The van der Waals surface area contributed by atoms with Crippen LogP contribution in [0.3, 0.4) is 0 Å². The number of aryl methyl sites for hydroxylation is 1. The predicted octanol–water partition coefficient (Wildman–Crippen LogP) is 4.37. The third-order valence-electron chi connectivity index (χ3n) is 4.97. The average Bonchev–Trinajstić information content (AvgIpc) is 3.40. The fraction of sp³-hybridized carbons (Fsp3) is 0.238. The molecule has 0 saturated heterocycles. The number of hydrogen-bond donors (Lipinski definition) is 1. The van der Waals surface area contributed by atoms with Gasteiger partial charge in [-0.15, -0.1) is 0 Å². The molecule has 4 nitrogen and oxygen atoms in total. The molecule has 1 saturated carbocycles. The van der Waals surface area contributed by atoms with Crippen molar-refractivity contribution in [1.82, 2.24) is 9.78 Å². The largest absolute Gasteiger partial charge is 0.323 e. The summed E-state index contributed by atoms with van der Waals surface area (Å²) in [7, 11) is 0. The number of carbonyl (C=O) groups is 1.